The maximum Gasteiger partial charge on any atom is 0.279 e. The van der Waals surface area contributed by atoms with Crippen molar-refractivity contribution in [2.24, 2.45) is 5.73 Å². The molecule has 2 aromatic rings. The molecule has 21 heavy (non-hydrogen) atoms. The van der Waals surface area contributed by atoms with Crippen molar-refractivity contribution in [3.05, 3.63) is 40.7 Å². The summed E-state index contributed by atoms with van der Waals surface area (Å²) in [5.41, 5.74) is 6.02. The van der Waals surface area contributed by atoms with Crippen LogP contribution >= 0.6 is 0 Å². The van der Waals surface area contributed by atoms with E-state index in [0.717, 1.165) is 31.1 Å². The van der Waals surface area contributed by atoms with Gasteiger partial charge in [-0.3, -0.25) is 15.1 Å². The average molecular weight is 287 g/mol. The minimum atomic E-state index is -0.398. The zero-order chi connectivity index (χ0) is 14.8. The fourth-order valence-electron chi connectivity index (χ4n) is 2.88. The molecule has 3 rings (SSSR count). The maximum atomic E-state index is 11.1. The Bertz CT molecular complexity index is 674. The van der Waals surface area contributed by atoms with Gasteiger partial charge in [0.05, 0.1) is 10.3 Å². The van der Waals surface area contributed by atoms with Crippen molar-refractivity contribution in [1.82, 2.24) is 4.98 Å². The minimum Gasteiger partial charge on any atom is -0.490 e. The van der Waals surface area contributed by atoms with Crippen LogP contribution in [0.2, 0.25) is 0 Å². The lowest BCUT2D eigenvalue weighted by Crippen LogP contribution is -2.33. The number of nitro groups is 1. The first-order valence-corrected chi connectivity index (χ1v) is 7.08. The van der Waals surface area contributed by atoms with Crippen LogP contribution in [0.25, 0.3) is 10.8 Å². The Morgan fingerprint density at radius 3 is 2.90 bits per heavy atom. The van der Waals surface area contributed by atoms with Gasteiger partial charge in [0.15, 0.2) is 0 Å². The molecule has 1 saturated carbocycles. The molecule has 2 N–H and O–H groups in total. The highest BCUT2D eigenvalue weighted by molar-refractivity contribution is 5.94. The van der Waals surface area contributed by atoms with E-state index in [1.807, 2.05) is 0 Å². The van der Waals surface area contributed by atoms with Gasteiger partial charge in [-0.25, -0.2) is 0 Å². The topological polar surface area (TPSA) is 91.3 Å². The van der Waals surface area contributed by atoms with Crippen LogP contribution in [0.15, 0.2) is 30.6 Å². The summed E-state index contributed by atoms with van der Waals surface area (Å²) in [6.45, 7) is 0. The van der Waals surface area contributed by atoms with E-state index in [2.05, 4.69) is 4.98 Å². The third-order valence-corrected chi connectivity index (χ3v) is 3.91. The smallest absolute Gasteiger partial charge is 0.279 e. The second kappa shape index (κ2) is 5.65. The van der Waals surface area contributed by atoms with Gasteiger partial charge >= 0.3 is 0 Å². The van der Waals surface area contributed by atoms with Crippen molar-refractivity contribution in [3.63, 3.8) is 0 Å². The molecule has 0 bridgehead atoms. The fourth-order valence-corrected chi connectivity index (χ4v) is 2.88. The number of pyridine rings is 1. The molecule has 1 heterocycles. The van der Waals surface area contributed by atoms with E-state index in [0.29, 0.717) is 11.1 Å². The molecule has 1 aromatic heterocycles. The van der Waals surface area contributed by atoms with Crippen LogP contribution in [0.3, 0.4) is 0 Å². The van der Waals surface area contributed by atoms with Crippen molar-refractivity contribution in [2.75, 3.05) is 0 Å². The van der Waals surface area contributed by atoms with Crippen LogP contribution in [0, 0.1) is 10.1 Å². The molecule has 1 aliphatic carbocycles. The lowest BCUT2D eigenvalue weighted by molar-refractivity contribution is -0.383. The number of ether oxygens (including phenoxy) is 1. The molecule has 1 aromatic carbocycles. The van der Waals surface area contributed by atoms with Gasteiger partial charge in [-0.05, 0) is 37.8 Å². The van der Waals surface area contributed by atoms with Crippen LogP contribution in [0.1, 0.15) is 25.7 Å². The van der Waals surface area contributed by atoms with Crippen LogP contribution in [0.5, 0.6) is 5.75 Å². The molecule has 0 amide bonds. The predicted octanol–water partition coefficient (Wildman–Crippen LogP) is 2.79. The van der Waals surface area contributed by atoms with Gasteiger partial charge in [0.25, 0.3) is 5.69 Å². The number of fused-ring (bicyclic) bond motifs is 1. The zero-order valence-electron chi connectivity index (χ0n) is 11.6. The molecular weight excluding hydrogens is 270 g/mol. The first-order chi connectivity index (χ1) is 10.1. The summed E-state index contributed by atoms with van der Waals surface area (Å²) in [6, 6.07) is 5.07. The summed E-state index contributed by atoms with van der Waals surface area (Å²) in [6.07, 6.45) is 7.08. The number of non-ortho nitro benzene ring substituents is 1. The molecule has 2 atom stereocenters. The van der Waals surface area contributed by atoms with Gasteiger partial charge in [0.1, 0.15) is 11.9 Å². The van der Waals surface area contributed by atoms with Gasteiger partial charge in [-0.2, -0.15) is 0 Å². The Labute approximate surface area is 122 Å². The second-order valence-corrected chi connectivity index (χ2v) is 5.43. The number of hydrogen-bond acceptors (Lipinski definition) is 5. The van der Waals surface area contributed by atoms with Crippen molar-refractivity contribution in [2.45, 2.75) is 37.8 Å². The summed E-state index contributed by atoms with van der Waals surface area (Å²) in [5, 5.41) is 12.3. The highest BCUT2D eigenvalue weighted by Gasteiger charge is 2.22. The van der Waals surface area contributed by atoms with Crippen molar-refractivity contribution >= 4 is 16.5 Å². The monoisotopic (exact) mass is 287 g/mol. The van der Waals surface area contributed by atoms with Gasteiger partial charge in [-0.1, -0.05) is 0 Å². The zero-order valence-corrected chi connectivity index (χ0v) is 11.6. The number of aromatic nitrogens is 1. The standard InChI is InChI=1S/C15H17N3O3/c16-10-2-1-3-11(8-10)21-15-5-4-14(18(19)20)13-9-17-7-6-12(13)15/h4-7,9-11H,1-3,8,16H2. The summed E-state index contributed by atoms with van der Waals surface area (Å²) in [7, 11) is 0. The molecule has 6 nitrogen and oxygen atoms in total. The fraction of sp³-hybridized carbons (Fsp3) is 0.400. The Kier molecular flexibility index (Phi) is 3.70. The largest absolute Gasteiger partial charge is 0.490 e. The molecule has 6 heteroatoms. The summed E-state index contributed by atoms with van der Waals surface area (Å²) >= 11 is 0. The SMILES string of the molecule is NC1CCCC(Oc2ccc([N+](=O)[O-])c3cnccc23)C1. The summed E-state index contributed by atoms with van der Waals surface area (Å²) in [4.78, 5) is 14.7. The normalized spacial score (nSPS) is 22.1. The number of nitrogens with two attached hydrogens (primary N) is 1. The summed E-state index contributed by atoms with van der Waals surface area (Å²) < 4.78 is 6.04. The average Bonchev–Trinajstić information content (AvgIpc) is 2.47. The van der Waals surface area contributed by atoms with Crippen molar-refractivity contribution < 1.29 is 9.66 Å². The number of nitrogens with zero attached hydrogens (tertiary/aromatic N) is 2. The molecule has 2 unspecified atom stereocenters. The van der Waals surface area contributed by atoms with Gasteiger partial charge in [0.2, 0.25) is 0 Å². The molecule has 110 valence electrons. The molecule has 0 aliphatic heterocycles. The van der Waals surface area contributed by atoms with Crippen molar-refractivity contribution in [1.29, 1.82) is 0 Å². The van der Waals surface area contributed by atoms with Crippen LogP contribution in [-0.4, -0.2) is 22.1 Å². The Balaban J connectivity index is 1.96. The minimum absolute atomic E-state index is 0.0470. The quantitative estimate of drug-likeness (QED) is 0.692. The Hall–Kier alpha value is -2.21. The molecule has 0 saturated heterocycles. The van der Waals surface area contributed by atoms with E-state index >= 15 is 0 Å². The van der Waals surface area contributed by atoms with Gasteiger partial charge < -0.3 is 10.5 Å². The molecular formula is C15H17N3O3. The van der Waals surface area contributed by atoms with E-state index in [1.165, 1.54) is 12.3 Å². The first-order valence-electron chi connectivity index (χ1n) is 7.08. The highest BCUT2D eigenvalue weighted by atomic mass is 16.6. The van der Waals surface area contributed by atoms with Crippen LogP contribution < -0.4 is 10.5 Å². The van der Waals surface area contributed by atoms with E-state index in [1.54, 1.807) is 18.3 Å². The Morgan fingerprint density at radius 2 is 2.14 bits per heavy atom. The number of nitro benzene ring substituents is 1. The van der Waals surface area contributed by atoms with Crippen LogP contribution in [-0.2, 0) is 0 Å². The van der Waals surface area contributed by atoms with Gasteiger partial charge in [-0.15, -0.1) is 0 Å². The molecule has 1 fully saturated rings. The number of benzene rings is 1. The van der Waals surface area contributed by atoms with E-state index in [4.69, 9.17) is 10.5 Å². The lowest BCUT2D eigenvalue weighted by atomic mass is 9.93. The predicted molar refractivity (Wildman–Crippen MR) is 79.3 cm³/mol. The highest BCUT2D eigenvalue weighted by Crippen LogP contribution is 2.34. The number of hydrogen-bond donors (Lipinski definition) is 1. The molecule has 0 radical (unpaired) electrons. The summed E-state index contributed by atoms with van der Waals surface area (Å²) in [5.74, 6) is 0.664. The third kappa shape index (κ3) is 2.80. The van der Waals surface area contributed by atoms with Crippen molar-refractivity contribution in [3.8, 4) is 5.75 Å². The first kappa shape index (κ1) is 13.8. The molecule has 1 aliphatic rings. The van der Waals surface area contributed by atoms with E-state index < -0.39 is 4.92 Å². The van der Waals surface area contributed by atoms with Gasteiger partial charge in [0, 0.05) is 29.9 Å². The second-order valence-electron chi connectivity index (χ2n) is 5.43. The van der Waals surface area contributed by atoms with E-state index in [-0.39, 0.29) is 17.8 Å². The number of rotatable bonds is 3. The maximum absolute atomic E-state index is 11.1. The Morgan fingerprint density at radius 1 is 1.29 bits per heavy atom. The third-order valence-electron chi connectivity index (χ3n) is 3.91. The molecule has 0 spiro atoms. The van der Waals surface area contributed by atoms with Crippen LogP contribution in [0.4, 0.5) is 5.69 Å². The lowest BCUT2D eigenvalue weighted by Gasteiger charge is -2.27. The van der Waals surface area contributed by atoms with E-state index in [9.17, 15) is 10.1 Å².